The highest BCUT2D eigenvalue weighted by Crippen LogP contribution is 2.22. The quantitative estimate of drug-likeness (QED) is 0.639. The Morgan fingerprint density at radius 2 is 2.27 bits per heavy atom. The molecule has 0 unspecified atom stereocenters. The van der Waals surface area contributed by atoms with Crippen LogP contribution < -0.4 is 5.32 Å². The van der Waals surface area contributed by atoms with E-state index >= 15 is 0 Å². The molecule has 9 heteroatoms. The van der Waals surface area contributed by atoms with Gasteiger partial charge in [-0.25, -0.2) is 9.78 Å². The fourth-order valence-corrected chi connectivity index (χ4v) is 2.93. The number of imidazole rings is 1. The van der Waals surface area contributed by atoms with Crippen molar-refractivity contribution in [2.45, 2.75) is 32.8 Å². The molecule has 1 atom stereocenters. The molecule has 0 saturated carbocycles. The standard InChI is InChI=1S/C17H23N5O4/c1-17(2,3)26-16(23)21-7-6-11(10-21)9-18-15-19-13-5-4-12(22(24)25)8-14(13)20-15/h4-5,8,11H,6-7,9-10H2,1-3H3,(H2,18,19,20)/t11-/m1/s1. The molecule has 9 nitrogen and oxygen atoms in total. The number of benzene rings is 1. The molecular weight excluding hydrogens is 338 g/mol. The minimum Gasteiger partial charge on any atom is -0.444 e. The summed E-state index contributed by atoms with van der Waals surface area (Å²) in [5.74, 6) is 0.862. The summed E-state index contributed by atoms with van der Waals surface area (Å²) in [6.07, 6.45) is 0.605. The highest BCUT2D eigenvalue weighted by Gasteiger charge is 2.29. The van der Waals surface area contributed by atoms with Gasteiger partial charge in [-0.05, 0) is 39.2 Å². The third kappa shape index (κ3) is 4.22. The predicted molar refractivity (Wildman–Crippen MR) is 97.2 cm³/mol. The maximum Gasteiger partial charge on any atom is 0.410 e. The van der Waals surface area contributed by atoms with Crippen molar-refractivity contribution in [3.05, 3.63) is 28.3 Å². The Balaban J connectivity index is 1.56. The van der Waals surface area contributed by atoms with Crippen LogP contribution >= 0.6 is 0 Å². The average Bonchev–Trinajstić information content (AvgIpc) is 3.17. The molecule has 1 aromatic carbocycles. The minimum atomic E-state index is -0.496. The van der Waals surface area contributed by atoms with Crippen molar-refractivity contribution in [2.75, 3.05) is 25.0 Å². The van der Waals surface area contributed by atoms with Gasteiger partial charge in [-0.1, -0.05) is 0 Å². The first-order valence-electron chi connectivity index (χ1n) is 8.57. The molecule has 2 aromatic rings. The van der Waals surface area contributed by atoms with Crippen LogP contribution in [0.1, 0.15) is 27.2 Å². The Hall–Kier alpha value is -2.84. The van der Waals surface area contributed by atoms with Gasteiger partial charge in [0.25, 0.3) is 5.69 Å². The summed E-state index contributed by atoms with van der Waals surface area (Å²) in [6, 6.07) is 4.52. The highest BCUT2D eigenvalue weighted by molar-refractivity contribution is 5.79. The topological polar surface area (TPSA) is 113 Å². The fourth-order valence-electron chi connectivity index (χ4n) is 2.93. The minimum absolute atomic E-state index is 0.0245. The molecule has 0 bridgehead atoms. The molecule has 2 heterocycles. The number of ether oxygens (including phenoxy) is 1. The number of nitrogens with zero attached hydrogens (tertiary/aromatic N) is 3. The van der Waals surface area contributed by atoms with Crippen LogP contribution in [0, 0.1) is 16.0 Å². The zero-order valence-corrected chi connectivity index (χ0v) is 15.1. The van der Waals surface area contributed by atoms with Crippen LogP contribution in [0.3, 0.4) is 0 Å². The van der Waals surface area contributed by atoms with E-state index in [1.165, 1.54) is 12.1 Å². The van der Waals surface area contributed by atoms with E-state index < -0.39 is 10.5 Å². The van der Waals surface area contributed by atoms with E-state index in [0.29, 0.717) is 42.5 Å². The maximum absolute atomic E-state index is 12.1. The number of aromatic amines is 1. The molecule has 1 amide bonds. The van der Waals surface area contributed by atoms with Crippen molar-refractivity contribution in [3.8, 4) is 0 Å². The first-order valence-corrected chi connectivity index (χ1v) is 8.57. The van der Waals surface area contributed by atoms with Crippen LogP contribution in [0.25, 0.3) is 11.0 Å². The SMILES string of the molecule is CC(C)(C)OC(=O)N1CC[C@H](CNc2nc3ccc([N+](=O)[O-])cc3[nH]2)C1. The van der Waals surface area contributed by atoms with Crippen molar-refractivity contribution >= 4 is 28.8 Å². The van der Waals surface area contributed by atoms with Crippen molar-refractivity contribution in [3.63, 3.8) is 0 Å². The van der Waals surface area contributed by atoms with Gasteiger partial charge < -0.3 is 19.9 Å². The lowest BCUT2D eigenvalue weighted by Crippen LogP contribution is -2.35. The van der Waals surface area contributed by atoms with E-state index in [-0.39, 0.29) is 11.8 Å². The van der Waals surface area contributed by atoms with Crippen LogP contribution in [-0.4, -0.2) is 51.1 Å². The number of non-ortho nitro benzene ring substituents is 1. The van der Waals surface area contributed by atoms with Gasteiger partial charge in [0, 0.05) is 31.8 Å². The van der Waals surface area contributed by atoms with Gasteiger partial charge in [0.05, 0.1) is 16.0 Å². The number of fused-ring (bicyclic) bond motifs is 1. The number of hydrogen-bond donors (Lipinski definition) is 2. The van der Waals surface area contributed by atoms with Gasteiger partial charge in [0.2, 0.25) is 5.95 Å². The number of carbonyl (C=O) groups is 1. The van der Waals surface area contributed by atoms with Crippen molar-refractivity contribution < 1.29 is 14.5 Å². The normalized spacial score (nSPS) is 17.5. The molecule has 3 rings (SSSR count). The number of amides is 1. The Bertz CT molecular complexity index is 826. The summed E-state index contributed by atoms with van der Waals surface area (Å²) < 4.78 is 5.40. The van der Waals surface area contributed by atoms with Crippen LogP contribution in [0.2, 0.25) is 0 Å². The zero-order valence-electron chi connectivity index (χ0n) is 15.1. The molecule has 26 heavy (non-hydrogen) atoms. The summed E-state index contributed by atoms with van der Waals surface area (Å²) in [7, 11) is 0. The summed E-state index contributed by atoms with van der Waals surface area (Å²) in [4.78, 5) is 31.7. The molecule has 1 aliphatic heterocycles. The number of rotatable bonds is 4. The van der Waals surface area contributed by atoms with Crippen molar-refractivity contribution in [1.82, 2.24) is 14.9 Å². The van der Waals surface area contributed by atoms with Crippen LogP contribution in [0.5, 0.6) is 0 Å². The molecule has 0 aliphatic carbocycles. The van der Waals surface area contributed by atoms with E-state index in [2.05, 4.69) is 15.3 Å². The number of nitro benzene ring substituents is 1. The lowest BCUT2D eigenvalue weighted by Gasteiger charge is -2.24. The molecule has 1 aromatic heterocycles. The van der Waals surface area contributed by atoms with Gasteiger partial charge in [-0.3, -0.25) is 10.1 Å². The Labute approximate surface area is 150 Å². The van der Waals surface area contributed by atoms with Crippen molar-refractivity contribution in [2.24, 2.45) is 5.92 Å². The van der Waals surface area contributed by atoms with E-state index in [1.807, 2.05) is 20.8 Å². The third-order valence-corrected chi connectivity index (χ3v) is 4.17. The van der Waals surface area contributed by atoms with E-state index in [0.717, 1.165) is 6.42 Å². The smallest absolute Gasteiger partial charge is 0.410 e. The number of anilines is 1. The van der Waals surface area contributed by atoms with Gasteiger partial charge in [0.15, 0.2) is 0 Å². The lowest BCUT2D eigenvalue weighted by molar-refractivity contribution is -0.384. The van der Waals surface area contributed by atoms with E-state index in [1.54, 1.807) is 11.0 Å². The van der Waals surface area contributed by atoms with Crippen LogP contribution in [0.4, 0.5) is 16.4 Å². The summed E-state index contributed by atoms with van der Waals surface area (Å²) in [5, 5.41) is 14.1. The number of likely N-dealkylation sites (tertiary alicyclic amines) is 1. The van der Waals surface area contributed by atoms with Gasteiger partial charge in [0.1, 0.15) is 5.60 Å². The second kappa shape index (κ2) is 6.81. The first-order chi connectivity index (χ1) is 12.2. The summed E-state index contributed by atoms with van der Waals surface area (Å²) >= 11 is 0. The predicted octanol–water partition coefficient (Wildman–Crippen LogP) is 3.14. The molecule has 1 fully saturated rings. The van der Waals surface area contributed by atoms with Crippen LogP contribution in [-0.2, 0) is 4.74 Å². The maximum atomic E-state index is 12.1. The van der Waals surface area contributed by atoms with E-state index in [9.17, 15) is 14.9 Å². The Kier molecular flexibility index (Phi) is 4.71. The highest BCUT2D eigenvalue weighted by atomic mass is 16.6. The second-order valence-corrected chi connectivity index (χ2v) is 7.51. The number of nitrogens with one attached hydrogen (secondary N) is 2. The monoisotopic (exact) mass is 361 g/mol. The Morgan fingerprint density at radius 1 is 1.50 bits per heavy atom. The lowest BCUT2D eigenvalue weighted by atomic mass is 10.1. The summed E-state index contributed by atoms with van der Waals surface area (Å²) in [5.41, 5.74) is 0.810. The number of carbonyl (C=O) groups excluding carboxylic acids is 1. The largest absolute Gasteiger partial charge is 0.444 e. The number of H-pyrrole nitrogens is 1. The molecule has 1 aliphatic rings. The molecule has 1 saturated heterocycles. The molecule has 0 radical (unpaired) electrons. The fraction of sp³-hybridized carbons (Fsp3) is 0.529. The second-order valence-electron chi connectivity index (χ2n) is 7.51. The molecule has 0 spiro atoms. The third-order valence-electron chi connectivity index (χ3n) is 4.17. The van der Waals surface area contributed by atoms with Gasteiger partial charge in [-0.15, -0.1) is 0 Å². The first kappa shape index (κ1) is 18.0. The summed E-state index contributed by atoms with van der Waals surface area (Å²) in [6.45, 7) is 7.52. The zero-order chi connectivity index (χ0) is 18.9. The molecule has 2 N–H and O–H groups in total. The van der Waals surface area contributed by atoms with Crippen molar-refractivity contribution in [1.29, 1.82) is 0 Å². The van der Waals surface area contributed by atoms with Gasteiger partial charge in [-0.2, -0.15) is 0 Å². The molecule has 140 valence electrons. The number of hydrogen-bond acceptors (Lipinski definition) is 6. The Morgan fingerprint density at radius 3 is 2.96 bits per heavy atom. The number of aromatic nitrogens is 2. The molecular formula is C17H23N5O4. The number of nitro groups is 1. The average molecular weight is 361 g/mol. The van der Waals surface area contributed by atoms with E-state index in [4.69, 9.17) is 4.74 Å². The van der Waals surface area contributed by atoms with Gasteiger partial charge >= 0.3 is 6.09 Å². The van der Waals surface area contributed by atoms with Crippen LogP contribution in [0.15, 0.2) is 18.2 Å².